The van der Waals surface area contributed by atoms with Crippen molar-refractivity contribution in [3.05, 3.63) is 182 Å². The second-order valence-corrected chi connectivity index (χ2v) is 18.7. The molecule has 6 rings (SSSR count). The number of pyridine rings is 1. The quantitative estimate of drug-likeness (QED) is 0.00839. The molecule has 0 aliphatic rings. The number of rotatable bonds is 25. The molecule has 0 amide bonds. The predicted molar refractivity (Wildman–Crippen MR) is 256 cm³/mol. The van der Waals surface area contributed by atoms with Crippen molar-refractivity contribution in [2.45, 2.75) is 116 Å². The Hall–Kier alpha value is -6.95. The summed E-state index contributed by atoms with van der Waals surface area (Å²) >= 11 is 0. The van der Waals surface area contributed by atoms with Crippen LogP contribution in [0, 0.1) is 116 Å². The molecule has 0 saturated heterocycles. The SMILES string of the molecule is CCCCCCCCCCCCCCCCCCOC(=O)c1cccc[n+]1CC(=O)c1ccccc1.Fc1c(F)c(F)c([B-](c2c(F)c(F)c(F)c(F)c2F)(c2c(F)c(F)c(F)c(F)c2F)c2c(F)c(F)c(F)c(F)c2F)c(F)c1F. The number of hydrogen-bond acceptors (Lipinski definition) is 3. The molecule has 25 heteroatoms. The molecule has 6 aromatic rings. The summed E-state index contributed by atoms with van der Waals surface area (Å²) in [7, 11) is 0. The first-order valence-electron chi connectivity index (χ1n) is 25.4. The van der Waals surface area contributed by atoms with E-state index in [-0.39, 0.29) is 18.3 Å². The third-order valence-corrected chi connectivity index (χ3v) is 13.5. The van der Waals surface area contributed by atoms with Gasteiger partial charge >= 0.3 is 5.97 Å². The number of Topliss-reactive ketones (excluding diaryl/α,β-unsaturated/α-hetero) is 1. The molecule has 4 nitrogen and oxygen atoms in total. The molecule has 0 atom stereocenters. The number of unbranched alkanes of at least 4 members (excludes halogenated alkanes) is 15. The van der Waals surface area contributed by atoms with Crippen molar-refractivity contribution in [3.63, 3.8) is 0 Å². The Morgan fingerprint density at radius 3 is 0.938 bits per heavy atom. The van der Waals surface area contributed by atoms with Gasteiger partial charge < -0.3 is 4.74 Å². The van der Waals surface area contributed by atoms with Crippen molar-refractivity contribution in [1.82, 2.24) is 0 Å². The molecule has 0 unspecified atom stereocenters. The predicted octanol–water partition coefficient (Wildman–Crippen LogP) is 14.1. The van der Waals surface area contributed by atoms with Gasteiger partial charge in [0.25, 0.3) is 5.69 Å². The van der Waals surface area contributed by atoms with Gasteiger partial charge in [-0.2, -0.15) is 4.57 Å². The molecule has 0 aliphatic carbocycles. The second kappa shape index (κ2) is 29.2. The average molecular weight is 1170 g/mol. The van der Waals surface area contributed by atoms with Crippen molar-refractivity contribution in [2.75, 3.05) is 6.61 Å². The zero-order chi connectivity index (χ0) is 60.0. The number of hydrogen-bond donors (Lipinski definition) is 0. The molecule has 0 saturated carbocycles. The summed E-state index contributed by atoms with van der Waals surface area (Å²) in [6.45, 7) is 2.82. The molecular weight excluding hydrogens is 1130 g/mol. The topological polar surface area (TPSA) is 47.2 Å². The summed E-state index contributed by atoms with van der Waals surface area (Å²) in [4.78, 5) is 25.1. The first-order valence-corrected chi connectivity index (χ1v) is 25.4. The first-order chi connectivity index (χ1) is 38.4. The lowest BCUT2D eigenvalue weighted by Crippen LogP contribution is -2.81. The van der Waals surface area contributed by atoms with Gasteiger partial charge in [0, 0.05) is 17.7 Å². The van der Waals surface area contributed by atoms with Crippen molar-refractivity contribution in [3.8, 4) is 0 Å². The fraction of sp³-hybridized carbons (Fsp3) is 0.339. The standard InChI is InChI=1S/C32H48NO3.C24BF20/c1-2-3-4-5-6-7-8-9-10-11-12-13-14-15-16-22-27-36-32(35)30-25-20-21-26-33(30)28-31(34)29-23-18-17-19-24-29;26-5-1(6(27)14(35)21(42)13(5)34)25(2-7(28)15(36)22(43)16(37)8(2)29,3-9(30)17(38)23(44)18(39)10(3)31)4-11(32)19(40)24(45)20(41)12(4)33/h17-21,23-26H,2-16,22,27-28H2,1H3;/q+1;-1. The van der Waals surface area contributed by atoms with E-state index in [4.69, 9.17) is 4.74 Å². The van der Waals surface area contributed by atoms with Gasteiger partial charge in [0.05, 0.1) is 6.61 Å². The highest BCUT2D eigenvalue weighted by atomic mass is 19.2. The van der Waals surface area contributed by atoms with Gasteiger partial charge in [-0.15, -0.1) is 21.9 Å². The minimum atomic E-state index is -7.22. The molecule has 0 radical (unpaired) electrons. The van der Waals surface area contributed by atoms with Crippen LogP contribution in [0.3, 0.4) is 0 Å². The Bertz CT molecular complexity index is 2840. The van der Waals surface area contributed by atoms with Gasteiger partial charge in [0.15, 0.2) is 76.0 Å². The third-order valence-electron chi connectivity index (χ3n) is 13.5. The smallest absolute Gasteiger partial charge is 0.403 e. The number of ether oxygens (including phenoxy) is 1. The Morgan fingerprint density at radius 1 is 0.358 bits per heavy atom. The summed E-state index contributed by atoms with van der Waals surface area (Å²) in [5.41, 5.74) is -13.3. The number of aromatic nitrogens is 1. The summed E-state index contributed by atoms with van der Waals surface area (Å²) in [6, 6.07) is 14.5. The lowest BCUT2D eigenvalue weighted by molar-refractivity contribution is -0.685. The fourth-order valence-electron chi connectivity index (χ4n) is 9.43. The van der Waals surface area contributed by atoms with E-state index < -0.39 is 144 Å². The fourth-order valence-corrected chi connectivity index (χ4v) is 9.43. The Morgan fingerprint density at radius 2 is 0.630 bits per heavy atom. The maximum Gasteiger partial charge on any atom is 0.403 e. The lowest BCUT2D eigenvalue weighted by atomic mass is 9.12. The van der Waals surface area contributed by atoms with Crippen molar-refractivity contribution >= 4 is 39.7 Å². The molecular formula is C56H48BF20NO3. The van der Waals surface area contributed by atoms with Gasteiger partial charge in [0.1, 0.15) is 52.7 Å². The number of carbonyl (C=O) groups is 2. The molecule has 5 aromatic carbocycles. The average Bonchev–Trinajstić information content (AvgIpc) is 3.55. The van der Waals surface area contributed by atoms with Crippen LogP contribution in [-0.2, 0) is 11.3 Å². The number of carbonyl (C=O) groups excluding carboxylic acids is 2. The highest BCUT2D eigenvalue weighted by molar-refractivity contribution is 7.20. The van der Waals surface area contributed by atoms with E-state index in [9.17, 15) is 62.3 Å². The first kappa shape index (κ1) is 64.9. The molecule has 438 valence electrons. The summed E-state index contributed by atoms with van der Waals surface area (Å²) < 4.78 is 301. The van der Waals surface area contributed by atoms with Crippen LogP contribution in [-0.4, -0.2) is 24.5 Å². The highest BCUT2D eigenvalue weighted by Crippen LogP contribution is 2.31. The summed E-state index contributed by atoms with van der Waals surface area (Å²) in [5.74, 6) is -71.8. The van der Waals surface area contributed by atoms with Crippen LogP contribution in [0.4, 0.5) is 87.8 Å². The van der Waals surface area contributed by atoms with Crippen LogP contribution in [0.15, 0.2) is 54.7 Å². The molecule has 0 N–H and O–H groups in total. The van der Waals surface area contributed by atoms with Gasteiger partial charge in [-0.3, -0.25) is 4.79 Å². The molecule has 1 heterocycles. The van der Waals surface area contributed by atoms with E-state index in [1.807, 2.05) is 24.3 Å². The normalized spacial score (nSPS) is 11.5. The van der Waals surface area contributed by atoms with E-state index in [1.54, 1.807) is 35.0 Å². The van der Waals surface area contributed by atoms with Crippen molar-refractivity contribution < 1.29 is 107 Å². The van der Waals surface area contributed by atoms with Crippen LogP contribution in [0.1, 0.15) is 131 Å². The van der Waals surface area contributed by atoms with Crippen LogP contribution >= 0.6 is 0 Å². The zero-order valence-corrected chi connectivity index (χ0v) is 42.7. The molecule has 0 aliphatic heterocycles. The largest absolute Gasteiger partial charge is 0.458 e. The summed E-state index contributed by atoms with van der Waals surface area (Å²) in [6.07, 6.45) is 15.7. The van der Waals surface area contributed by atoms with Crippen LogP contribution < -0.4 is 26.4 Å². The minimum absolute atomic E-state index is 0.0290. The maximum absolute atomic E-state index is 15.4. The third kappa shape index (κ3) is 13.9. The van der Waals surface area contributed by atoms with E-state index in [2.05, 4.69) is 6.92 Å². The van der Waals surface area contributed by atoms with Crippen LogP contribution in [0.2, 0.25) is 0 Å². The number of halogens is 20. The van der Waals surface area contributed by atoms with E-state index >= 15 is 35.1 Å². The van der Waals surface area contributed by atoms with Crippen LogP contribution in [0.5, 0.6) is 0 Å². The van der Waals surface area contributed by atoms with E-state index in [1.165, 1.54) is 89.9 Å². The Kier molecular flexibility index (Phi) is 23.4. The van der Waals surface area contributed by atoms with Crippen molar-refractivity contribution in [2.24, 2.45) is 0 Å². The Labute approximate surface area is 450 Å². The monoisotopic (exact) mass is 1170 g/mol. The van der Waals surface area contributed by atoms with Crippen molar-refractivity contribution in [1.29, 1.82) is 0 Å². The molecule has 1 aromatic heterocycles. The number of benzene rings is 5. The van der Waals surface area contributed by atoms with Gasteiger partial charge in [0.2, 0.25) is 12.3 Å². The Balaban J connectivity index is 0.000000305. The van der Waals surface area contributed by atoms with Crippen LogP contribution in [0.25, 0.3) is 0 Å². The van der Waals surface area contributed by atoms with E-state index in [0.29, 0.717) is 17.9 Å². The summed E-state index contributed by atoms with van der Waals surface area (Å²) in [5, 5.41) is 0. The minimum Gasteiger partial charge on any atom is -0.458 e. The number of esters is 1. The molecule has 81 heavy (non-hydrogen) atoms. The van der Waals surface area contributed by atoms with E-state index in [0.717, 1.165) is 12.8 Å². The molecule has 0 fully saturated rings. The van der Waals surface area contributed by atoms with Gasteiger partial charge in [-0.1, -0.05) is 134 Å². The lowest BCUT2D eigenvalue weighted by Gasteiger charge is -2.44. The zero-order valence-electron chi connectivity index (χ0n) is 42.7. The van der Waals surface area contributed by atoms with Gasteiger partial charge in [-0.05, 0) is 12.5 Å². The maximum atomic E-state index is 15.4. The number of nitrogens with zero attached hydrogens (tertiary/aromatic N) is 1. The molecule has 0 spiro atoms. The molecule has 0 bridgehead atoms. The highest BCUT2D eigenvalue weighted by Gasteiger charge is 2.52. The number of ketones is 1. The van der Waals surface area contributed by atoms with Gasteiger partial charge in [-0.25, -0.2) is 92.6 Å². The second-order valence-electron chi connectivity index (χ2n) is 18.7.